The fourth-order valence-corrected chi connectivity index (χ4v) is 6.37. The Morgan fingerprint density at radius 1 is 1.31 bits per heavy atom. The van der Waals surface area contributed by atoms with Crippen LogP contribution in [0, 0.1) is 6.92 Å². The molecule has 3 heterocycles. The maximum atomic E-state index is 12.4. The average molecular weight is 449 g/mol. The molecule has 0 unspecified atom stereocenters. The molecule has 0 atom stereocenters. The van der Waals surface area contributed by atoms with Gasteiger partial charge < -0.3 is 10.3 Å². The first kappa shape index (κ1) is 20.6. The zero-order valence-electron chi connectivity index (χ0n) is 16.4. The number of aryl methyl sites for hydroxylation is 4. The van der Waals surface area contributed by atoms with Crippen molar-refractivity contribution in [2.45, 2.75) is 51.2 Å². The van der Waals surface area contributed by atoms with Gasteiger partial charge in [0.2, 0.25) is 5.91 Å². The molecule has 0 aromatic carbocycles. The molecule has 9 heteroatoms. The van der Waals surface area contributed by atoms with Gasteiger partial charge in [0.15, 0.2) is 0 Å². The molecule has 1 amide bonds. The lowest BCUT2D eigenvalue weighted by Crippen LogP contribution is -2.26. The molecule has 4 rings (SSSR count). The second-order valence-electron chi connectivity index (χ2n) is 7.23. The molecule has 3 aromatic heterocycles. The summed E-state index contributed by atoms with van der Waals surface area (Å²) in [7, 11) is 0. The quantitative estimate of drug-likeness (QED) is 0.488. The lowest BCUT2D eigenvalue weighted by atomic mass is 10.2. The van der Waals surface area contributed by atoms with E-state index in [1.807, 2.05) is 6.92 Å². The van der Waals surface area contributed by atoms with E-state index in [0.29, 0.717) is 23.9 Å². The Balaban J connectivity index is 1.18. The van der Waals surface area contributed by atoms with Gasteiger partial charge in [0, 0.05) is 22.5 Å². The SMILES string of the molecule is Cc1csc(CCCCNC(=O)CSCc2nc3sc4c(c3c(=O)[nH]2)CCC4)n1. The molecule has 0 saturated heterocycles. The molecule has 2 N–H and O–H groups in total. The fraction of sp³-hybridized carbons (Fsp3) is 0.500. The smallest absolute Gasteiger partial charge is 0.259 e. The molecule has 0 aliphatic heterocycles. The van der Waals surface area contributed by atoms with Crippen molar-refractivity contribution in [3.8, 4) is 0 Å². The van der Waals surface area contributed by atoms with Gasteiger partial charge in [-0.1, -0.05) is 0 Å². The average Bonchev–Trinajstić information content (AvgIpc) is 3.37. The van der Waals surface area contributed by atoms with Crippen molar-refractivity contribution >= 4 is 50.6 Å². The van der Waals surface area contributed by atoms with Crippen molar-refractivity contribution in [3.05, 3.63) is 42.7 Å². The Morgan fingerprint density at radius 3 is 3.03 bits per heavy atom. The van der Waals surface area contributed by atoms with Crippen LogP contribution in [0.3, 0.4) is 0 Å². The van der Waals surface area contributed by atoms with Crippen molar-refractivity contribution in [1.29, 1.82) is 0 Å². The number of carbonyl (C=O) groups excluding carboxylic acids is 1. The highest BCUT2D eigenvalue weighted by Gasteiger charge is 2.21. The van der Waals surface area contributed by atoms with Crippen molar-refractivity contribution in [2.24, 2.45) is 0 Å². The molecule has 0 saturated carbocycles. The van der Waals surface area contributed by atoms with Gasteiger partial charge in [-0.2, -0.15) is 0 Å². The molecule has 154 valence electrons. The van der Waals surface area contributed by atoms with Crippen LogP contribution >= 0.6 is 34.4 Å². The highest BCUT2D eigenvalue weighted by molar-refractivity contribution is 7.99. The van der Waals surface area contributed by atoms with Crippen LogP contribution in [-0.2, 0) is 29.8 Å². The van der Waals surface area contributed by atoms with E-state index < -0.39 is 0 Å². The van der Waals surface area contributed by atoms with Crippen LogP contribution in [0.5, 0.6) is 0 Å². The van der Waals surface area contributed by atoms with Gasteiger partial charge in [0.05, 0.1) is 21.9 Å². The van der Waals surface area contributed by atoms with Crippen LogP contribution in [0.2, 0.25) is 0 Å². The molecule has 0 fully saturated rings. The number of unbranched alkanes of at least 4 members (excludes halogenated alkanes) is 1. The predicted molar refractivity (Wildman–Crippen MR) is 121 cm³/mol. The summed E-state index contributed by atoms with van der Waals surface area (Å²) in [5, 5.41) is 6.97. The Kier molecular flexibility index (Phi) is 6.67. The van der Waals surface area contributed by atoms with Crippen molar-refractivity contribution in [3.63, 3.8) is 0 Å². The largest absolute Gasteiger partial charge is 0.355 e. The van der Waals surface area contributed by atoms with E-state index in [2.05, 4.69) is 25.6 Å². The van der Waals surface area contributed by atoms with Gasteiger partial charge in [-0.05, 0) is 51.0 Å². The lowest BCUT2D eigenvalue weighted by molar-refractivity contribution is -0.118. The molecular weight excluding hydrogens is 424 g/mol. The van der Waals surface area contributed by atoms with Gasteiger partial charge in [0.25, 0.3) is 5.56 Å². The molecule has 0 radical (unpaired) electrons. The number of rotatable bonds is 9. The third-order valence-electron chi connectivity index (χ3n) is 4.90. The van der Waals surface area contributed by atoms with E-state index in [4.69, 9.17) is 0 Å². The third-order valence-corrected chi connectivity index (χ3v) is 8.06. The van der Waals surface area contributed by atoms with Crippen molar-refractivity contribution < 1.29 is 4.79 Å². The summed E-state index contributed by atoms with van der Waals surface area (Å²) in [5.74, 6) is 1.58. The number of aromatic amines is 1. The topological polar surface area (TPSA) is 87.7 Å². The molecule has 29 heavy (non-hydrogen) atoms. The summed E-state index contributed by atoms with van der Waals surface area (Å²) in [6, 6.07) is 0. The second kappa shape index (κ2) is 9.40. The predicted octanol–water partition coefficient (Wildman–Crippen LogP) is 3.61. The third kappa shape index (κ3) is 5.07. The van der Waals surface area contributed by atoms with Crippen molar-refractivity contribution in [2.75, 3.05) is 12.3 Å². The first-order valence-corrected chi connectivity index (χ1v) is 12.7. The number of thiazole rings is 1. The monoisotopic (exact) mass is 448 g/mol. The van der Waals surface area contributed by atoms with Crippen LogP contribution in [0.25, 0.3) is 10.2 Å². The van der Waals surface area contributed by atoms with Crippen LogP contribution in [0.15, 0.2) is 10.2 Å². The summed E-state index contributed by atoms with van der Waals surface area (Å²) >= 11 is 4.82. The minimum atomic E-state index is -0.0372. The number of thioether (sulfide) groups is 1. The molecule has 6 nitrogen and oxygen atoms in total. The Morgan fingerprint density at radius 2 is 2.21 bits per heavy atom. The number of hydrogen-bond acceptors (Lipinski definition) is 7. The number of carbonyl (C=O) groups is 1. The van der Waals surface area contributed by atoms with E-state index >= 15 is 0 Å². The number of hydrogen-bond donors (Lipinski definition) is 2. The number of nitrogens with one attached hydrogen (secondary N) is 2. The summed E-state index contributed by atoms with van der Waals surface area (Å²) in [5.41, 5.74) is 2.24. The fourth-order valence-electron chi connectivity index (χ4n) is 3.55. The molecule has 0 bridgehead atoms. The maximum Gasteiger partial charge on any atom is 0.259 e. The van der Waals surface area contributed by atoms with E-state index in [1.54, 1.807) is 22.7 Å². The minimum Gasteiger partial charge on any atom is -0.355 e. The number of nitrogens with zero attached hydrogens (tertiary/aromatic N) is 2. The van der Waals surface area contributed by atoms with Gasteiger partial charge in [-0.15, -0.1) is 34.4 Å². The second-order valence-corrected chi connectivity index (χ2v) is 10.2. The summed E-state index contributed by atoms with van der Waals surface area (Å²) in [6.07, 6.45) is 6.12. The van der Waals surface area contributed by atoms with E-state index in [9.17, 15) is 9.59 Å². The Labute approximate surface area is 181 Å². The van der Waals surface area contributed by atoms with Crippen LogP contribution in [0.4, 0.5) is 0 Å². The zero-order valence-corrected chi connectivity index (χ0v) is 18.8. The summed E-state index contributed by atoms with van der Waals surface area (Å²) < 4.78 is 0. The normalized spacial score (nSPS) is 13.1. The first-order chi connectivity index (χ1) is 14.1. The zero-order chi connectivity index (χ0) is 20.2. The highest BCUT2D eigenvalue weighted by atomic mass is 32.2. The Hall–Kier alpha value is -1.71. The van der Waals surface area contributed by atoms with Crippen LogP contribution in [-0.4, -0.2) is 33.2 Å². The standard InChI is InChI=1S/C20H24N4O2S3/c1-12-9-28-17(22-12)7-2-3-8-21-16(25)11-27-10-15-23-19(26)18-13-5-4-6-14(13)29-20(18)24-15/h9H,2-8,10-11H2,1H3,(H,21,25)(H,23,24,26). The molecule has 1 aliphatic carbocycles. The minimum absolute atomic E-state index is 0.0265. The lowest BCUT2D eigenvalue weighted by Gasteiger charge is -2.05. The van der Waals surface area contributed by atoms with E-state index in [0.717, 1.165) is 54.4 Å². The van der Waals surface area contributed by atoms with Gasteiger partial charge in [-0.25, -0.2) is 9.97 Å². The van der Waals surface area contributed by atoms with Crippen molar-refractivity contribution in [1.82, 2.24) is 20.3 Å². The molecular formula is C20H24N4O2S3. The number of amides is 1. The van der Waals surface area contributed by atoms with E-state index in [1.165, 1.54) is 27.2 Å². The number of thiophene rings is 1. The number of fused-ring (bicyclic) bond motifs is 3. The highest BCUT2D eigenvalue weighted by Crippen LogP contribution is 2.34. The Bertz CT molecular complexity index is 1070. The first-order valence-electron chi connectivity index (χ1n) is 9.89. The number of aromatic nitrogens is 3. The van der Waals surface area contributed by atoms with E-state index in [-0.39, 0.29) is 11.5 Å². The molecule has 1 aliphatic rings. The maximum absolute atomic E-state index is 12.4. The number of H-pyrrole nitrogens is 1. The molecule has 3 aromatic rings. The van der Waals surface area contributed by atoms with Gasteiger partial charge in [-0.3, -0.25) is 9.59 Å². The molecule has 0 spiro atoms. The summed E-state index contributed by atoms with van der Waals surface area (Å²) in [6.45, 7) is 2.69. The van der Waals surface area contributed by atoms with Crippen LogP contribution < -0.4 is 10.9 Å². The summed E-state index contributed by atoms with van der Waals surface area (Å²) in [4.78, 5) is 38.6. The van der Waals surface area contributed by atoms with Gasteiger partial charge in [0.1, 0.15) is 10.7 Å². The van der Waals surface area contributed by atoms with Gasteiger partial charge >= 0.3 is 0 Å². The van der Waals surface area contributed by atoms with Crippen LogP contribution in [0.1, 0.15) is 46.2 Å².